The van der Waals surface area contributed by atoms with Crippen molar-refractivity contribution >= 4 is 46.9 Å². The predicted octanol–water partition coefficient (Wildman–Crippen LogP) is 3.71. The second-order valence-electron chi connectivity index (χ2n) is 6.85. The van der Waals surface area contributed by atoms with Crippen molar-refractivity contribution < 1.29 is 24.0 Å². The highest BCUT2D eigenvalue weighted by molar-refractivity contribution is 6.39. The van der Waals surface area contributed by atoms with Gasteiger partial charge in [0.15, 0.2) is 0 Å². The summed E-state index contributed by atoms with van der Waals surface area (Å²) >= 11 is 5.88. The third kappa shape index (κ3) is 4.06. The molecule has 33 heavy (non-hydrogen) atoms. The summed E-state index contributed by atoms with van der Waals surface area (Å²) in [5, 5.41) is 13.6. The van der Waals surface area contributed by atoms with Crippen LogP contribution in [-0.4, -0.2) is 34.4 Å². The fraction of sp³-hybridized carbons (Fsp3) is 0.0455. The summed E-state index contributed by atoms with van der Waals surface area (Å²) in [7, 11) is 1.37. The molecule has 1 fully saturated rings. The number of nitrogens with zero attached hydrogens (tertiary/aromatic N) is 3. The Kier molecular flexibility index (Phi) is 5.67. The van der Waals surface area contributed by atoms with Crippen LogP contribution in [0.15, 0.2) is 66.4 Å². The molecule has 4 rings (SSSR count). The van der Waals surface area contributed by atoms with Crippen LogP contribution in [0.4, 0.5) is 16.2 Å². The van der Waals surface area contributed by atoms with Crippen molar-refractivity contribution in [3.05, 3.63) is 87.2 Å². The van der Waals surface area contributed by atoms with Crippen LogP contribution in [0.1, 0.15) is 5.69 Å². The van der Waals surface area contributed by atoms with Crippen molar-refractivity contribution in [2.45, 2.75) is 0 Å². The van der Waals surface area contributed by atoms with E-state index in [4.69, 9.17) is 16.3 Å². The van der Waals surface area contributed by atoms with Gasteiger partial charge < -0.3 is 9.30 Å². The van der Waals surface area contributed by atoms with Crippen molar-refractivity contribution in [1.82, 2.24) is 9.88 Å². The number of anilines is 1. The van der Waals surface area contributed by atoms with Crippen LogP contribution in [0.5, 0.6) is 5.75 Å². The number of urea groups is 1. The number of non-ortho nitro benzene ring substituents is 1. The molecule has 1 N–H and O–H groups in total. The smallest absolute Gasteiger partial charge is 0.335 e. The first kappa shape index (κ1) is 21.8. The number of rotatable bonds is 5. The molecule has 0 spiro atoms. The fourth-order valence-electron chi connectivity index (χ4n) is 3.34. The number of methoxy groups -OCH3 is 1. The highest BCUT2D eigenvalue weighted by atomic mass is 35.5. The molecule has 0 saturated carbocycles. The molecule has 2 aromatic carbocycles. The molecule has 3 aromatic rings. The van der Waals surface area contributed by atoms with E-state index in [-0.39, 0.29) is 22.7 Å². The standard InChI is InChI=1S/C22H15ClN4O6/c1-33-19-12-16(27(31)32)8-9-18(19)25-10-2-3-15(25)11-17-20(28)24-22(30)26(21(17)29)14-6-4-13(23)5-7-14/h2-12H,1H3,(H,24,28,30)/b17-11-. The molecule has 0 atom stereocenters. The Bertz CT molecular complexity index is 1330. The number of aromatic nitrogens is 1. The largest absolute Gasteiger partial charge is 0.494 e. The number of halogens is 1. The first-order chi connectivity index (χ1) is 15.8. The van der Waals surface area contributed by atoms with E-state index >= 15 is 0 Å². The lowest BCUT2D eigenvalue weighted by Crippen LogP contribution is -2.54. The van der Waals surface area contributed by atoms with E-state index in [1.54, 1.807) is 22.9 Å². The average Bonchev–Trinajstić information content (AvgIpc) is 3.25. The normalized spacial score (nSPS) is 15.0. The second-order valence-corrected chi connectivity index (χ2v) is 7.29. The fourth-order valence-corrected chi connectivity index (χ4v) is 3.47. The quantitative estimate of drug-likeness (QED) is 0.264. The Balaban J connectivity index is 1.76. The first-order valence-corrected chi connectivity index (χ1v) is 9.85. The third-order valence-electron chi connectivity index (χ3n) is 4.89. The van der Waals surface area contributed by atoms with E-state index in [2.05, 4.69) is 5.32 Å². The lowest BCUT2D eigenvalue weighted by atomic mass is 10.1. The van der Waals surface area contributed by atoms with E-state index < -0.39 is 22.8 Å². The van der Waals surface area contributed by atoms with Gasteiger partial charge in [-0.25, -0.2) is 9.69 Å². The lowest BCUT2D eigenvalue weighted by Gasteiger charge is -2.26. The molecule has 1 aliphatic rings. The maximum absolute atomic E-state index is 13.1. The van der Waals surface area contributed by atoms with Gasteiger partial charge in [0, 0.05) is 23.0 Å². The molecule has 1 aromatic heterocycles. The maximum Gasteiger partial charge on any atom is 0.335 e. The molecule has 0 bridgehead atoms. The van der Waals surface area contributed by atoms with Crippen LogP contribution in [0.2, 0.25) is 5.02 Å². The van der Waals surface area contributed by atoms with Gasteiger partial charge in [0.05, 0.1) is 29.5 Å². The Morgan fingerprint density at radius 3 is 2.48 bits per heavy atom. The molecule has 1 saturated heterocycles. The van der Waals surface area contributed by atoms with Gasteiger partial charge in [-0.15, -0.1) is 0 Å². The number of hydrogen-bond acceptors (Lipinski definition) is 6. The van der Waals surface area contributed by atoms with Crippen LogP contribution in [0.25, 0.3) is 11.8 Å². The van der Waals surface area contributed by atoms with Gasteiger partial charge in [0.1, 0.15) is 11.3 Å². The molecular weight excluding hydrogens is 452 g/mol. The Morgan fingerprint density at radius 1 is 1.09 bits per heavy atom. The average molecular weight is 467 g/mol. The van der Waals surface area contributed by atoms with Gasteiger partial charge in [-0.2, -0.15) is 0 Å². The molecule has 2 heterocycles. The minimum Gasteiger partial charge on any atom is -0.494 e. The molecule has 4 amide bonds. The van der Waals surface area contributed by atoms with Crippen LogP contribution in [0, 0.1) is 10.1 Å². The number of amides is 4. The molecule has 11 heteroatoms. The molecule has 0 aliphatic carbocycles. The van der Waals surface area contributed by atoms with Gasteiger partial charge in [-0.1, -0.05) is 11.6 Å². The van der Waals surface area contributed by atoms with E-state index in [0.29, 0.717) is 16.4 Å². The summed E-state index contributed by atoms with van der Waals surface area (Å²) in [4.78, 5) is 49.3. The first-order valence-electron chi connectivity index (χ1n) is 9.47. The highest BCUT2D eigenvalue weighted by Crippen LogP contribution is 2.30. The monoisotopic (exact) mass is 466 g/mol. The summed E-state index contributed by atoms with van der Waals surface area (Å²) in [5.74, 6) is -1.44. The number of ether oxygens (including phenoxy) is 1. The number of nitro groups is 1. The summed E-state index contributed by atoms with van der Waals surface area (Å²) in [5.41, 5.74) is 0.681. The minimum absolute atomic E-state index is 0.151. The van der Waals surface area contributed by atoms with Gasteiger partial charge in [-0.05, 0) is 48.5 Å². The summed E-state index contributed by atoms with van der Waals surface area (Å²) in [6.07, 6.45) is 2.97. The van der Waals surface area contributed by atoms with Crippen LogP contribution >= 0.6 is 11.6 Å². The van der Waals surface area contributed by atoms with Gasteiger partial charge in [0.2, 0.25) is 0 Å². The Labute approximate surface area is 191 Å². The summed E-state index contributed by atoms with van der Waals surface area (Å²) < 4.78 is 6.89. The van der Waals surface area contributed by atoms with Crippen molar-refractivity contribution in [3.63, 3.8) is 0 Å². The summed E-state index contributed by atoms with van der Waals surface area (Å²) in [6.45, 7) is 0. The number of benzene rings is 2. The number of nitro benzene ring substituents is 1. The SMILES string of the molecule is COc1cc([N+](=O)[O-])ccc1-n1cccc1/C=C1/C(=O)NC(=O)N(c2ccc(Cl)cc2)C1=O. The number of barbiturate groups is 1. The van der Waals surface area contributed by atoms with Crippen LogP contribution in [0.3, 0.4) is 0 Å². The van der Waals surface area contributed by atoms with Gasteiger partial charge in [-0.3, -0.25) is 25.0 Å². The minimum atomic E-state index is -0.878. The number of nitrogens with one attached hydrogen (secondary N) is 1. The van der Waals surface area contributed by atoms with Crippen molar-refractivity contribution in [2.75, 3.05) is 12.0 Å². The second kappa shape index (κ2) is 8.60. The van der Waals surface area contributed by atoms with Crippen molar-refractivity contribution in [2.24, 2.45) is 0 Å². The van der Waals surface area contributed by atoms with Crippen molar-refractivity contribution in [1.29, 1.82) is 0 Å². The molecule has 166 valence electrons. The Hall–Kier alpha value is -4.44. The van der Waals surface area contributed by atoms with E-state index in [1.807, 2.05) is 0 Å². The van der Waals surface area contributed by atoms with E-state index in [0.717, 1.165) is 4.90 Å². The number of carbonyl (C=O) groups is 3. The zero-order valence-corrected chi connectivity index (χ0v) is 17.8. The molecule has 1 aliphatic heterocycles. The third-order valence-corrected chi connectivity index (χ3v) is 5.14. The number of carbonyl (C=O) groups excluding carboxylic acids is 3. The molecule has 0 radical (unpaired) electrons. The van der Waals surface area contributed by atoms with Crippen molar-refractivity contribution in [3.8, 4) is 11.4 Å². The maximum atomic E-state index is 13.1. The molecule has 10 nitrogen and oxygen atoms in total. The van der Waals surface area contributed by atoms with E-state index in [1.165, 1.54) is 55.7 Å². The summed E-state index contributed by atoms with van der Waals surface area (Å²) in [6, 6.07) is 12.5. The molecular formula is C22H15ClN4O6. The predicted molar refractivity (Wildman–Crippen MR) is 119 cm³/mol. The van der Waals surface area contributed by atoms with E-state index in [9.17, 15) is 24.5 Å². The van der Waals surface area contributed by atoms with Crippen LogP contribution in [-0.2, 0) is 9.59 Å². The molecule has 0 unspecified atom stereocenters. The highest BCUT2D eigenvalue weighted by Gasteiger charge is 2.37. The zero-order chi connectivity index (χ0) is 23.7. The van der Waals surface area contributed by atoms with Gasteiger partial charge in [0.25, 0.3) is 17.5 Å². The van der Waals surface area contributed by atoms with Gasteiger partial charge >= 0.3 is 6.03 Å². The number of hydrogen-bond donors (Lipinski definition) is 1. The zero-order valence-electron chi connectivity index (χ0n) is 17.0. The van der Waals surface area contributed by atoms with Crippen LogP contribution < -0.4 is 15.0 Å². The Morgan fingerprint density at radius 2 is 1.82 bits per heavy atom. The lowest BCUT2D eigenvalue weighted by molar-refractivity contribution is -0.384. The topological polar surface area (TPSA) is 124 Å². The number of imide groups is 2.